The average Bonchev–Trinajstić information content (AvgIpc) is 3.11. The van der Waals surface area contributed by atoms with Gasteiger partial charge in [0, 0.05) is 11.7 Å². The molecule has 1 aliphatic carbocycles. The zero-order chi connectivity index (χ0) is 19.2. The summed E-state index contributed by atoms with van der Waals surface area (Å²) in [5.41, 5.74) is 1.60. The van der Waals surface area contributed by atoms with Gasteiger partial charge >= 0.3 is 0 Å². The van der Waals surface area contributed by atoms with E-state index in [0.717, 1.165) is 12.8 Å². The summed E-state index contributed by atoms with van der Waals surface area (Å²) in [6.45, 7) is 0. The molecule has 144 valence electrons. The van der Waals surface area contributed by atoms with Gasteiger partial charge in [0.2, 0.25) is 0 Å². The number of benzene rings is 1. The normalized spacial score (nSPS) is 15.4. The molecule has 1 aromatic carbocycles. The molecule has 0 unspecified atom stereocenters. The highest BCUT2D eigenvalue weighted by molar-refractivity contribution is 9.10. The Morgan fingerprint density at radius 3 is 2.70 bits per heavy atom. The zero-order valence-corrected chi connectivity index (χ0v) is 16.9. The van der Waals surface area contributed by atoms with Crippen LogP contribution in [0.2, 0.25) is 0 Å². The maximum Gasteiger partial charge on any atom is 0.182 e. The van der Waals surface area contributed by atoms with Crippen LogP contribution >= 0.6 is 28.1 Å². The maximum atomic E-state index is 13.4. The first-order chi connectivity index (χ1) is 13.1. The van der Waals surface area contributed by atoms with Crippen molar-refractivity contribution < 1.29 is 14.0 Å². The van der Waals surface area contributed by atoms with Gasteiger partial charge < -0.3 is 25.6 Å². The summed E-state index contributed by atoms with van der Waals surface area (Å²) in [7, 11) is 0. The fourth-order valence-corrected chi connectivity index (χ4v) is 3.68. The molecular formula is C18H20BrFN4O2S. The molecule has 1 heterocycles. The molecule has 0 bridgehead atoms. The van der Waals surface area contributed by atoms with Gasteiger partial charge in [-0.2, -0.15) is 0 Å². The van der Waals surface area contributed by atoms with Gasteiger partial charge in [0.25, 0.3) is 0 Å². The molecule has 2 aromatic rings. The second-order valence-corrected chi connectivity index (χ2v) is 7.60. The number of oxime groups is 1. The van der Waals surface area contributed by atoms with E-state index in [4.69, 9.17) is 16.6 Å². The molecule has 27 heavy (non-hydrogen) atoms. The zero-order valence-electron chi connectivity index (χ0n) is 14.5. The number of nitrogens with one attached hydrogen (secondary N) is 3. The largest absolute Gasteiger partial charge is 0.470 e. The van der Waals surface area contributed by atoms with Gasteiger partial charge in [0.1, 0.15) is 18.3 Å². The third-order valence-electron chi connectivity index (χ3n) is 4.39. The molecule has 9 heteroatoms. The molecule has 0 radical (unpaired) electrons. The van der Waals surface area contributed by atoms with Crippen molar-refractivity contribution in [3.05, 3.63) is 46.6 Å². The summed E-state index contributed by atoms with van der Waals surface area (Å²) >= 11 is 8.52. The second kappa shape index (κ2) is 9.18. The minimum atomic E-state index is -0.382. The van der Waals surface area contributed by atoms with Crippen molar-refractivity contribution in [2.24, 2.45) is 5.16 Å². The molecule has 0 aliphatic heterocycles. The standard InChI is InChI=1S/C18H20BrFN4O2S/c19-14-8-12(6-7-15(14)20)21-17(24-25)13-9-26-10-16(13)23-18(27)22-11-4-2-1-3-5-11/h6-11,25H,1-5H2,(H,21,24)(H2,22,23,27). The van der Waals surface area contributed by atoms with E-state index in [2.05, 4.69) is 37.0 Å². The molecule has 1 aliphatic rings. The Bertz CT molecular complexity index is 837. The molecular weight excluding hydrogens is 435 g/mol. The monoisotopic (exact) mass is 454 g/mol. The van der Waals surface area contributed by atoms with E-state index in [9.17, 15) is 9.60 Å². The first-order valence-corrected chi connectivity index (χ1v) is 9.85. The number of hydrogen-bond acceptors (Lipinski definition) is 4. The van der Waals surface area contributed by atoms with E-state index >= 15 is 0 Å². The number of halogens is 2. The minimum absolute atomic E-state index is 0.144. The van der Waals surface area contributed by atoms with E-state index in [-0.39, 0.29) is 11.7 Å². The van der Waals surface area contributed by atoms with Crippen molar-refractivity contribution >= 4 is 50.5 Å². The van der Waals surface area contributed by atoms with Crippen LogP contribution in [-0.4, -0.2) is 22.2 Å². The van der Waals surface area contributed by atoms with Gasteiger partial charge in [-0.1, -0.05) is 24.4 Å². The second-order valence-electron chi connectivity index (χ2n) is 6.34. The Labute approximate surface area is 170 Å². The van der Waals surface area contributed by atoms with Crippen LogP contribution in [0.1, 0.15) is 37.7 Å². The van der Waals surface area contributed by atoms with E-state index in [0.29, 0.717) is 32.6 Å². The highest BCUT2D eigenvalue weighted by atomic mass is 79.9. The Morgan fingerprint density at radius 1 is 1.22 bits per heavy atom. The van der Waals surface area contributed by atoms with Crippen LogP contribution < -0.4 is 16.0 Å². The van der Waals surface area contributed by atoms with Crippen LogP contribution in [0.15, 0.2) is 44.8 Å². The summed E-state index contributed by atoms with van der Waals surface area (Å²) in [5.74, 6) is -0.238. The van der Waals surface area contributed by atoms with Crippen LogP contribution in [0, 0.1) is 5.82 Å². The van der Waals surface area contributed by atoms with E-state index in [1.165, 1.54) is 43.9 Å². The highest BCUT2D eigenvalue weighted by Crippen LogP contribution is 2.23. The van der Waals surface area contributed by atoms with Gasteiger partial charge in [-0.3, -0.25) is 0 Å². The lowest BCUT2D eigenvalue weighted by molar-refractivity contribution is 0.319. The molecule has 0 spiro atoms. The quantitative estimate of drug-likeness (QED) is 0.170. The Morgan fingerprint density at radius 2 is 2.00 bits per heavy atom. The van der Waals surface area contributed by atoms with Crippen LogP contribution in [0.3, 0.4) is 0 Å². The lowest BCUT2D eigenvalue weighted by atomic mass is 9.96. The van der Waals surface area contributed by atoms with Crippen LogP contribution in [0.4, 0.5) is 15.8 Å². The number of furan rings is 1. The first kappa shape index (κ1) is 19.6. The summed E-state index contributed by atoms with van der Waals surface area (Å²) in [4.78, 5) is 0. The predicted molar refractivity (Wildman–Crippen MR) is 111 cm³/mol. The molecule has 0 atom stereocenters. The van der Waals surface area contributed by atoms with Gasteiger partial charge in [0.15, 0.2) is 10.9 Å². The minimum Gasteiger partial charge on any atom is -0.470 e. The Balaban J connectivity index is 1.68. The maximum absolute atomic E-state index is 13.4. The lowest BCUT2D eigenvalue weighted by Gasteiger charge is -2.24. The number of amidine groups is 1. The van der Waals surface area contributed by atoms with E-state index in [1.807, 2.05) is 0 Å². The third-order valence-corrected chi connectivity index (χ3v) is 5.22. The fraction of sp³-hybridized carbons (Fsp3) is 0.333. The number of hydrogen-bond donors (Lipinski definition) is 4. The van der Waals surface area contributed by atoms with E-state index in [1.54, 1.807) is 6.07 Å². The molecule has 0 saturated heterocycles. The first-order valence-electron chi connectivity index (χ1n) is 8.65. The van der Waals surface area contributed by atoms with Gasteiger partial charge in [-0.25, -0.2) is 4.39 Å². The predicted octanol–water partition coefficient (Wildman–Crippen LogP) is 5.05. The van der Waals surface area contributed by atoms with Crippen LogP contribution in [-0.2, 0) is 0 Å². The average molecular weight is 455 g/mol. The topological polar surface area (TPSA) is 81.8 Å². The smallest absolute Gasteiger partial charge is 0.182 e. The summed E-state index contributed by atoms with van der Waals surface area (Å²) in [6.07, 6.45) is 8.80. The number of rotatable bonds is 4. The van der Waals surface area contributed by atoms with Crippen molar-refractivity contribution in [2.45, 2.75) is 38.1 Å². The molecule has 4 N–H and O–H groups in total. The van der Waals surface area contributed by atoms with Crippen molar-refractivity contribution in [1.82, 2.24) is 5.32 Å². The van der Waals surface area contributed by atoms with Crippen LogP contribution in [0.5, 0.6) is 0 Å². The molecule has 1 fully saturated rings. The van der Waals surface area contributed by atoms with Crippen molar-refractivity contribution in [3.8, 4) is 0 Å². The number of anilines is 2. The summed E-state index contributed by atoms with van der Waals surface area (Å²) < 4.78 is 18.9. The SMILES string of the molecule is O/N=C(\Nc1ccc(F)c(Br)c1)c1cocc1NC(=S)NC1CCCCC1. The molecule has 0 amide bonds. The van der Waals surface area contributed by atoms with Crippen molar-refractivity contribution in [1.29, 1.82) is 0 Å². The van der Waals surface area contributed by atoms with Gasteiger partial charge in [-0.05, 0) is 59.2 Å². The Kier molecular flexibility index (Phi) is 6.68. The van der Waals surface area contributed by atoms with Gasteiger partial charge in [-0.15, -0.1) is 0 Å². The fourth-order valence-electron chi connectivity index (χ4n) is 3.02. The third kappa shape index (κ3) is 5.20. The molecule has 6 nitrogen and oxygen atoms in total. The Hall–Kier alpha value is -2.13. The summed E-state index contributed by atoms with van der Waals surface area (Å²) in [5, 5.41) is 22.5. The summed E-state index contributed by atoms with van der Waals surface area (Å²) in [6, 6.07) is 4.75. The number of nitrogens with zero attached hydrogens (tertiary/aromatic N) is 1. The highest BCUT2D eigenvalue weighted by Gasteiger charge is 2.17. The van der Waals surface area contributed by atoms with E-state index < -0.39 is 0 Å². The van der Waals surface area contributed by atoms with Crippen LogP contribution in [0.25, 0.3) is 0 Å². The lowest BCUT2D eigenvalue weighted by Crippen LogP contribution is -2.39. The number of thiocarbonyl (C=S) groups is 1. The molecule has 1 saturated carbocycles. The van der Waals surface area contributed by atoms with Crippen molar-refractivity contribution in [3.63, 3.8) is 0 Å². The molecule has 3 rings (SSSR count). The van der Waals surface area contributed by atoms with Crippen molar-refractivity contribution in [2.75, 3.05) is 10.6 Å². The molecule has 1 aromatic heterocycles. The van der Waals surface area contributed by atoms with Gasteiger partial charge in [0.05, 0.1) is 15.7 Å².